The highest BCUT2D eigenvalue weighted by Crippen LogP contribution is 2.33. The van der Waals surface area contributed by atoms with Crippen LogP contribution in [-0.2, 0) is 4.79 Å². The van der Waals surface area contributed by atoms with Crippen LogP contribution in [-0.4, -0.2) is 32.7 Å². The third-order valence-corrected chi connectivity index (χ3v) is 5.88. The van der Waals surface area contributed by atoms with Crippen molar-refractivity contribution in [2.75, 3.05) is 11.9 Å². The maximum Gasteiger partial charge on any atom is 0.291 e. The number of benzene rings is 2. The number of thioether (sulfide) groups is 1. The van der Waals surface area contributed by atoms with Crippen molar-refractivity contribution in [3.8, 4) is 5.75 Å². The van der Waals surface area contributed by atoms with Gasteiger partial charge in [-0.15, -0.1) is 0 Å². The van der Waals surface area contributed by atoms with Crippen molar-refractivity contribution in [3.63, 3.8) is 0 Å². The molecule has 1 saturated heterocycles. The molecule has 0 bridgehead atoms. The number of carbonyl (C=O) groups is 2. The summed E-state index contributed by atoms with van der Waals surface area (Å²) in [6.45, 7) is 0.560. The van der Waals surface area contributed by atoms with Gasteiger partial charge in [0.15, 0.2) is 0 Å². The number of amides is 2. The molecule has 0 unspecified atom stereocenters. The molecule has 2 aromatic rings. The molecule has 5 nitrogen and oxygen atoms in total. The number of anilines is 1. The number of nitrogens with one attached hydrogen (secondary N) is 1. The van der Waals surface area contributed by atoms with Crippen LogP contribution in [0.1, 0.15) is 31.2 Å². The van der Waals surface area contributed by atoms with Crippen LogP contribution in [0.4, 0.5) is 10.5 Å². The molecule has 2 aromatic carbocycles. The monoisotopic (exact) mass is 426 g/mol. The van der Waals surface area contributed by atoms with Gasteiger partial charge in [0.25, 0.3) is 5.24 Å². The second kappa shape index (κ2) is 10.2. The van der Waals surface area contributed by atoms with Gasteiger partial charge >= 0.3 is 0 Å². The van der Waals surface area contributed by atoms with Crippen molar-refractivity contribution in [1.82, 2.24) is 4.90 Å². The zero-order valence-corrected chi connectivity index (χ0v) is 17.5. The molecule has 1 aliphatic heterocycles. The van der Waals surface area contributed by atoms with Crippen LogP contribution in [0.2, 0.25) is 0 Å². The van der Waals surface area contributed by atoms with Gasteiger partial charge in [0, 0.05) is 24.7 Å². The number of hydrogen-bond acceptors (Lipinski definition) is 5. The number of unbranched alkanes of at least 4 members (excludes halogenated alkanes) is 2. The van der Waals surface area contributed by atoms with Crippen LogP contribution >= 0.6 is 24.0 Å². The van der Waals surface area contributed by atoms with E-state index in [4.69, 9.17) is 12.2 Å². The molecule has 0 aliphatic carbocycles. The molecular weight excluding hydrogens is 404 g/mol. The number of nitrogens with zero attached hydrogens (tertiary/aromatic N) is 1. The van der Waals surface area contributed by atoms with Gasteiger partial charge in [0.2, 0.25) is 5.91 Å². The van der Waals surface area contributed by atoms with Crippen molar-refractivity contribution in [3.05, 3.63) is 65.1 Å². The average molecular weight is 427 g/mol. The fourth-order valence-corrected chi connectivity index (χ4v) is 4.22. The van der Waals surface area contributed by atoms with E-state index < -0.39 is 0 Å². The van der Waals surface area contributed by atoms with Crippen LogP contribution < -0.4 is 5.32 Å². The van der Waals surface area contributed by atoms with Crippen LogP contribution in [0.5, 0.6) is 5.75 Å². The SMILES string of the molecule is O=C(CCCCCN1C(=O)SC(=Cc2ccccc2)C1=S)Nc1cccc(O)c1. The first-order valence-electron chi connectivity index (χ1n) is 9.42. The number of phenols is 1. The summed E-state index contributed by atoms with van der Waals surface area (Å²) in [5, 5.41) is 12.1. The summed E-state index contributed by atoms with van der Waals surface area (Å²) in [4.78, 5) is 27.3. The molecule has 0 atom stereocenters. The Bertz CT molecular complexity index is 929. The van der Waals surface area contributed by atoms with Gasteiger partial charge in [0.05, 0.1) is 4.91 Å². The molecule has 1 aliphatic rings. The zero-order valence-electron chi connectivity index (χ0n) is 15.8. The Kier molecular flexibility index (Phi) is 7.43. The number of phenolic OH excluding ortho intramolecular Hbond substituents is 1. The summed E-state index contributed by atoms with van der Waals surface area (Å²) >= 11 is 6.64. The molecule has 3 rings (SSSR count). The normalized spacial score (nSPS) is 15.2. The third kappa shape index (κ3) is 6.17. The lowest BCUT2D eigenvalue weighted by molar-refractivity contribution is -0.116. The van der Waals surface area contributed by atoms with Crippen LogP contribution in [0, 0.1) is 0 Å². The minimum atomic E-state index is -0.0907. The number of carbonyl (C=O) groups excluding carboxylic acids is 2. The van der Waals surface area contributed by atoms with Crippen LogP contribution in [0.25, 0.3) is 6.08 Å². The first-order chi connectivity index (χ1) is 14.0. The van der Waals surface area contributed by atoms with Gasteiger partial charge in [-0.25, -0.2) is 0 Å². The largest absolute Gasteiger partial charge is 0.508 e. The second-order valence-electron chi connectivity index (χ2n) is 6.65. The Hall–Kier alpha value is -2.64. The highest BCUT2D eigenvalue weighted by atomic mass is 32.2. The summed E-state index contributed by atoms with van der Waals surface area (Å²) in [5.74, 6) is 0.0274. The predicted molar refractivity (Wildman–Crippen MR) is 122 cm³/mol. The number of thiocarbonyl (C=S) groups is 1. The topological polar surface area (TPSA) is 69.6 Å². The zero-order chi connectivity index (χ0) is 20.6. The summed E-state index contributed by atoms with van der Waals surface area (Å²) in [6, 6.07) is 16.3. The molecule has 2 amide bonds. The number of aromatic hydroxyl groups is 1. The maximum absolute atomic E-state index is 12.3. The molecule has 0 aromatic heterocycles. The maximum atomic E-state index is 12.3. The Morgan fingerprint density at radius 1 is 1.10 bits per heavy atom. The third-order valence-electron chi connectivity index (χ3n) is 4.39. The quantitative estimate of drug-likeness (QED) is 0.335. The fraction of sp³-hybridized carbons (Fsp3) is 0.227. The van der Waals surface area contributed by atoms with Gasteiger partial charge in [0.1, 0.15) is 10.7 Å². The van der Waals surface area contributed by atoms with Crippen molar-refractivity contribution < 1.29 is 14.7 Å². The van der Waals surface area contributed by atoms with Crippen LogP contribution in [0.3, 0.4) is 0 Å². The minimum absolute atomic E-state index is 0.0428. The van der Waals surface area contributed by atoms with Crippen LogP contribution in [0.15, 0.2) is 59.5 Å². The molecule has 0 radical (unpaired) electrons. The van der Waals surface area contributed by atoms with Gasteiger partial charge in [-0.2, -0.15) is 0 Å². The minimum Gasteiger partial charge on any atom is -0.508 e. The molecule has 150 valence electrons. The molecular formula is C22H22N2O3S2. The van der Waals surface area contributed by atoms with E-state index >= 15 is 0 Å². The van der Waals surface area contributed by atoms with Gasteiger partial charge in [-0.05, 0) is 48.4 Å². The van der Waals surface area contributed by atoms with E-state index in [-0.39, 0.29) is 16.9 Å². The Balaban J connectivity index is 1.40. The average Bonchev–Trinajstić information content (AvgIpc) is 2.95. The molecule has 7 heteroatoms. The summed E-state index contributed by atoms with van der Waals surface area (Å²) in [6.07, 6.45) is 4.66. The highest BCUT2D eigenvalue weighted by molar-refractivity contribution is 8.19. The first kappa shape index (κ1) is 21.1. The van der Waals surface area contributed by atoms with E-state index in [9.17, 15) is 14.7 Å². The standard InChI is InChI=1S/C22H22N2O3S2/c25-18-11-7-10-17(15-18)23-20(26)12-5-2-6-13-24-21(28)19(29-22(24)27)14-16-8-3-1-4-9-16/h1,3-4,7-11,14-15,25H,2,5-6,12-13H2,(H,23,26). The smallest absolute Gasteiger partial charge is 0.291 e. The van der Waals surface area contributed by atoms with E-state index in [0.29, 0.717) is 23.6 Å². The van der Waals surface area contributed by atoms with E-state index in [1.165, 1.54) is 17.8 Å². The van der Waals surface area contributed by atoms with Crippen molar-refractivity contribution >= 4 is 51.9 Å². The Labute approximate surface area is 179 Å². The molecule has 0 spiro atoms. The van der Waals surface area contributed by atoms with Gasteiger partial charge < -0.3 is 10.4 Å². The lowest BCUT2D eigenvalue weighted by Crippen LogP contribution is -2.28. The molecule has 2 N–H and O–H groups in total. The number of hydrogen-bond donors (Lipinski definition) is 2. The van der Waals surface area contributed by atoms with Gasteiger partial charge in [-0.3, -0.25) is 14.5 Å². The van der Waals surface area contributed by atoms with Crippen molar-refractivity contribution in [1.29, 1.82) is 0 Å². The van der Waals surface area contributed by atoms with Crippen molar-refractivity contribution in [2.45, 2.75) is 25.7 Å². The molecule has 29 heavy (non-hydrogen) atoms. The molecule has 0 saturated carbocycles. The van der Waals surface area contributed by atoms with E-state index in [1.54, 1.807) is 23.1 Å². The predicted octanol–water partition coefficient (Wildman–Crippen LogP) is 5.43. The lowest BCUT2D eigenvalue weighted by atomic mass is 10.1. The highest BCUT2D eigenvalue weighted by Gasteiger charge is 2.30. The number of rotatable bonds is 8. The van der Waals surface area contributed by atoms with E-state index in [1.807, 2.05) is 36.4 Å². The van der Waals surface area contributed by atoms with Crippen molar-refractivity contribution in [2.24, 2.45) is 0 Å². The van der Waals surface area contributed by atoms with Gasteiger partial charge in [-0.1, -0.05) is 55.0 Å². The first-order valence-corrected chi connectivity index (χ1v) is 10.6. The van der Waals surface area contributed by atoms with E-state index in [2.05, 4.69) is 5.32 Å². The lowest BCUT2D eigenvalue weighted by Gasteiger charge is -2.14. The fourth-order valence-electron chi connectivity index (χ4n) is 2.93. The Morgan fingerprint density at radius 3 is 2.66 bits per heavy atom. The molecule has 1 fully saturated rings. The summed E-state index contributed by atoms with van der Waals surface area (Å²) in [7, 11) is 0. The molecule has 1 heterocycles. The Morgan fingerprint density at radius 2 is 1.90 bits per heavy atom. The summed E-state index contributed by atoms with van der Waals surface area (Å²) in [5.41, 5.74) is 1.60. The van der Waals surface area contributed by atoms with E-state index in [0.717, 1.165) is 29.7 Å². The summed E-state index contributed by atoms with van der Waals surface area (Å²) < 4.78 is 0. The second-order valence-corrected chi connectivity index (χ2v) is 8.03.